The molecule has 7 nitrogen and oxygen atoms in total. The molecular weight excluding hydrogens is 177 g/mol. The molecule has 0 aromatic heterocycles. The Kier molecular flexibility index (Phi) is 3.73. The fraction of sp³-hybridized carbons (Fsp3) is 0.333. The minimum atomic E-state index is -4.39. The number of hydroxylamine groups is 1. The molecule has 0 bridgehead atoms. The van der Waals surface area contributed by atoms with Gasteiger partial charge in [-0.15, -0.1) is 0 Å². The van der Waals surface area contributed by atoms with Crippen molar-refractivity contribution in [3.05, 3.63) is 0 Å². The second kappa shape index (κ2) is 4.07. The first-order valence-electron chi connectivity index (χ1n) is 2.39. The standard InChI is InChI=1S/C3H6NO6P/c5-2-4-10-3(6)1-11(7,8)9/h2H,1H2,(H,4,5)(H2,7,8,9). The van der Waals surface area contributed by atoms with Gasteiger partial charge in [0.05, 0.1) is 0 Å². The van der Waals surface area contributed by atoms with E-state index in [-0.39, 0.29) is 6.41 Å². The summed E-state index contributed by atoms with van der Waals surface area (Å²) in [5.41, 5.74) is 1.50. The van der Waals surface area contributed by atoms with Gasteiger partial charge >= 0.3 is 13.6 Å². The van der Waals surface area contributed by atoms with E-state index < -0.39 is 19.7 Å². The zero-order chi connectivity index (χ0) is 8.91. The van der Waals surface area contributed by atoms with Crippen molar-refractivity contribution in [1.82, 2.24) is 5.48 Å². The van der Waals surface area contributed by atoms with Crippen LogP contribution >= 0.6 is 7.60 Å². The molecule has 3 N–H and O–H groups in total. The van der Waals surface area contributed by atoms with Crippen LogP contribution in [0.5, 0.6) is 0 Å². The van der Waals surface area contributed by atoms with Crippen LogP contribution in [0.2, 0.25) is 0 Å². The highest BCUT2D eigenvalue weighted by Crippen LogP contribution is 2.33. The van der Waals surface area contributed by atoms with E-state index in [9.17, 15) is 14.2 Å². The molecule has 0 rings (SSSR count). The molecule has 0 aliphatic carbocycles. The number of amides is 1. The molecule has 0 heterocycles. The average Bonchev–Trinajstić information content (AvgIpc) is 1.79. The van der Waals surface area contributed by atoms with Crippen molar-refractivity contribution in [1.29, 1.82) is 0 Å². The summed E-state index contributed by atoms with van der Waals surface area (Å²) in [7, 11) is -4.39. The molecule has 0 atom stereocenters. The van der Waals surface area contributed by atoms with E-state index in [1.807, 2.05) is 0 Å². The Morgan fingerprint density at radius 2 is 2.18 bits per heavy atom. The largest absolute Gasteiger partial charge is 0.344 e. The van der Waals surface area contributed by atoms with Crippen molar-refractivity contribution in [2.45, 2.75) is 0 Å². The zero-order valence-electron chi connectivity index (χ0n) is 5.26. The summed E-state index contributed by atoms with van der Waals surface area (Å²) >= 11 is 0. The fourth-order valence-electron chi connectivity index (χ4n) is 0.290. The number of hydrogen-bond acceptors (Lipinski definition) is 4. The summed E-state index contributed by atoms with van der Waals surface area (Å²) < 4.78 is 10.1. The molecule has 0 aliphatic rings. The van der Waals surface area contributed by atoms with Gasteiger partial charge in [0, 0.05) is 0 Å². The molecule has 0 spiro atoms. The first-order valence-corrected chi connectivity index (χ1v) is 4.19. The van der Waals surface area contributed by atoms with Crippen LogP contribution in [0, 0.1) is 0 Å². The Morgan fingerprint density at radius 1 is 1.64 bits per heavy atom. The van der Waals surface area contributed by atoms with Crippen LogP contribution in [-0.2, 0) is 19.0 Å². The van der Waals surface area contributed by atoms with Crippen molar-refractivity contribution < 1.29 is 28.8 Å². The van der Waals surface area contributed by atoms with Gasteiger partial charge in [-0.25, -0.2) is 4.79 Å². The minimum absolute atomic E-state index is 0.0670. The second-order valence-corrected chi connectivity index (χ2v) is 3.18. The Balaban J connectivity index is 3.70. The minimum Gasteiger partial charge on any atom is -0.340 e. The average molecular weight is 183 g/mol. The molecular formula is C3H6NO6P. The van der Waals surface area contributed by atoms with Crippen LogP contribution in [0.1, 0.15) is 0 Å². The van der Waals surface area contributed by atoms with E-state index in [0.717, 1.165) is 0 Å². The molecule has 0 unspecified atom stereocenters. The second-order valence-electron chi connectivity index (χ2n) is 1.53. The molecule has 0 aromatic rings. The summed E-state index contributed by atoms with van der Waals surface area (Å²) in [4.78, 5) is 40.0. The van der Waals surface area contributed by atoms with E-state index in [1.54, 1.807) is 0 Å². The highest BCUT2D eigenvalue weighted by molar-refractivity contribution is 7.52. The van der Waals surface area contributed by atoms with Gasteiger partial charge < -0.3 is 14.6 Å². The van der Waals surface area contributed by atoms with E-state index in [1.165, 1.54) is 5.48 Å². The predicted molar refractivity (Wildman–Crippen MR) is 32.2 cm³/mol. The van der Waals surface area contributed by atoms with Gasteiger partial charge in [0.1, 0.15) is 6.16 Å². The Morgan fingerprint density at radius 3 is 2.55 bits per heavy atom. The number of hydrogen-bond donors (Lipinski definition) is 3. The van der Waals surface area contributed by atoms with Crippen LogP contribution in [-0.4, -0.2) is 28.3 Å². The first kappa shape index (κ1) is 10.1. The molecule has 0 aromatic carbocycles. The third-order valence-corrected chi connectivity index (χ3v) is 1.23. The lowest BCUT2D eigenvalue weighted by molar-refractivity contribution is -0.151. The van der Waals surface area contributed by atoms with Crippen molar-refractivity contribution in [2.24, 2.45) is 0 Å². The van der Waals surface area contributed by atoms with Crippen molar-refractivity contribution in [3.63, 3.8) is 0 Å². The third kappa shape index (κ3) is 6.98. The Bertz CT molecular complexity index is 196. The van der Waals surface area contributed by atoms with Crippen LogP contribution in [0.25, 0.3) is 0 Å². The van der Waals surface area contributed by atoms with Gasteiger partial charge in [-0.3, -0.25) is 9.36 Å². The van der Waals surface area contributed by atoms with Crippen molar-refractivity contribution in [2.75, 3.05) is 6.16 Å². The summed E-state index contributed by atoms with van der Waals surface area (Å²) in [5.74, 6) is -1.19. The maximum Gasteiger partial charge on any atom is 0.344 e. The molecule has 64 valence electrons. The quantitative estimate of drug-likeness (QED) is 0.274. The van der Waals surface area contributed by atoms with E-state index in [4.69, 9.17) is 9.79 Å². The molecule has 1 amide bonds. The lowest BCUT2D eigenvalue weighted by Crippen LogP contribution is -2.20. The van der Waals surface area contributed by atoms with Gasteiger partial charge in [0.15, 0.2) is 0 Å². The summed E-state index contributed by atoms with van der Waals surface area (Å²) in [6.45, 7) is 0. The van der Waals surface area contributed by atoms with Gasteiger partial charge in [-0.05, 0) is 0 Å². The molecule has 0 aliphatic heterocycles. The number of nitrogens with one attached hydrogen (secondary N) is 1. The molecule has 8 heteroatoms. The van der Waals surface area contributed by atoms with E-state index in [0.29, 0.717) is 0 Å². The summed E-state index contributed by atoms with van der Waals surface area (Å²) in [5, 5.41) is 0. The van der Waals surface area contributed by atoms with Gasteiger partial charge in [-0.1, -0.05) is 0 Å². The van der Waals surface area contributed by atoms with Gasteiger partial charge in [0.25, 0.3) is 0 Å². The first-order chi connectivity index (χ1) is 4.95. The number of rotatable bonds is 4. The zero-order valence-corrected chi connectivity index (χ0v) is 6.15. The number of carbonyl (C=O) groups excluding carboxylic acids is 2. The van der Waals surface area contributed by atoms with Crippen LogP contribution in [0.4, 0.5) is 0 Å². The lowest BCUT2D eigenvalue weighted by Gasteiger charge is -2.01. The van der Waals surface area contributed by atoms with E-state index in [2.05, 4.69) is 4.84 Å². The summed E-state index contributed by atoms with van der Waals surface area (Å²) in [6.07, 6.45) is -0.981. The normalized spacial score (nSPS) is 10.4. The lowest BCUT2D eigenvalue weighted by atomic mass is 10.8. The maximum atomic E-state index is 10.3. The van der Waals surface area contributed by atoms with Crippen LogP contribution in [0.3, 0.4) is 0 Å². The van der Waals surface area contributed by atoms with Crippen LogP contribution < -0.4 is 5.48 Å². The smallest absolute Gasteiger partial charge is 0.340 e. The molecule has 0 saturated carbocycles. The third-order valence-electron chi connectivity index (χ3n) is 0.556. The fourth-order valence-corrected chi connectivity index (χ4v) is 0.691. The van der Waals surface area contributed by atoms with Gasteiger partial charge in [-0.2, -0.15) is 5.48 Å². The topological polar surface area (TPSA) is 113 Å². The monoisotopic (exact) mass is 183 g/mol. The molecule has 0 fully saturated rings. The Hall–Kier alpha value is -0.910. The SMILES string of the molecule is O=CNOC(=O)CP(=O)(O)O. The molecule has 0 radical (unpaired) electrons. The Labute approximate surface area is 61.5 Å². The van der Waals surface area contributed by atoms with E-state index >= 15 is 0 Å². The molecule has 0 saturated heterocycles. The van der Waals surface area contributed by atoms with Gasteiger partial charge in [0.2, 0.25) is 6.41 Å². The maximum absolute atomic E-state index is 10.3. The summed E-state index contributed by atoms with van der Waals surface area (Å²) in [6, 6.07) is 0. The predicted octanol–water partition coefficient (Wildman–Crippen LogP) is -1.63. The van der Waals surface area contributed by atoms with Crippen molar-refractivity contribution in [3.8, 4) is 0 Å². The highest BCUT2D eigenvalue weighted by Gasteiger charge is 2.20. The number of carbonyl (C=O) groups is 2. The highest BCUT2D eigenvalue weighted by atomic mass is 31.2. The molecule has 11 heavy (non-hydrogen) atoms. The van der Waals surface area contributed by atoms with Crippen molar-refractivity contribution >= 4 is 20.0 Å². The van der Waals surface area contributed by atoms with Crippen LogP contribution in [0.15, 0.2) is 0 Å².